The Labute approximate surface area is 209 Å². The lowest BCUT2D eigenvalue weighted by Gasteiger charge is -2.17. The summed E-state index contributed by atoms with van der Waals surface area (Å²) in [5.74, 6) is 0.969. The molecule has 0 aliphatic carbocycles. The van der Waals surface area contributed by atoms with Gasteiger partial charge in [0.15, 0.2) is 5.82 Å². The molecule has 4 aromatic rings. The number of aromatic nitrogens is 3. The molecule has 0 saturated carbocycles. The molecule has 8 heteroatoms. The highest BCUT2D eigenvalue weighted by molar-refractivity contribution is 5.91. The second-order valence-electron chi connectivity index (χ2n) is 9.61. The number of benzene rings is 3. The predicted octanol–water partition coefficient (Wildman–Crippen LogP) is 6.04. The Morgan fingerprint density at radius 1 is 0.972 bits per heavy atom. The predicted molar refractivity (Wildman–Crippen MR) is 137 cm³/mol. The first-order chi connectivity index (χ1) is 17.2. The van der Waals surface area contributed by atoms with Crippen LogP contribution in [-0.2, 0) is 11.4 Å². The van der Waals surface area contributed by atoms with Crippen molar-refractivity contribution < 1.29 is 18.7 Å². The molecular weight excluding hydrogens is 459 g/mol. The van der Waals surface area contributed by atoms with Gasteiger partial charge in [-0.1, -0.05) is 32.9 Å². The molecule has 186 valence electrons. The van der Waals surface area contributed by atoms with Crippen molar-refractivity contribution in [1.29, 1.82) is 0 Å². The molecule has 0 saturated heterocycles. The minimum absolute atomic E-state index is 0.0357. The van der Waals surface area contributed by atoms with Crippen molar-refractivity contribution in [3.05, 3.63) is 84.2 Å². The standard InChI is InChI=1S/C28H29FN4O3/c1-28(2,3)17-25(34)30-22-11-13-23(14-12-22)33-26(20-7-15-24(35-4)16-8-20)31-27(32-33)36-18-19-5-9-21(29)10-6-19/h5-16H,17-18H2,1-4H3,(H,30,34). The summed E-state index contributed by atoms with van der Waals surface area (Å²) in [6, 6.07) is 21.1. The molecule has 0 bridgehead atoms. The molecule has 7 nitrogen and oxygen atoms in total. The highest BCUT2D eigenvalue weighted by Crippen LogP contribution is 2.27. The van der Waals surface area contributed by atoms with E-state index in [1.807, 2.05) is 69.3 Å². The zero-order valence-corrected chi connectivity index (χ0v) is 20.8. The summed E-state index contributed by atoms with van der Waals surface area (Å²) in [6.45, 7) is 6.27. The van der Waals surface area contributed by atoms with Gasteiger partial charge in [-0.15, -0.1) is 5.10 Å². The van der Waals surface area contributed by atoms with Crippen LogP contribution >= 0.6 is 0 Å². The van der Waals surface area contributed by atoms with E-state index in [1.165, 1.54) is 12.1 Å². The maximum Gasteiger partial charge on any atom is 0.336 e. The minimum atomic E-state index is -0.305. The van der Waals surface area contributed by atoms with Gasteiger partial charge in [-0.05, 0) is 71.6 Å². The van der Waals surface area contributed by atoms with Crippen molar-refractivity contribution in [2.75, 3.05) is 12.4 Å². The summed E-state index contributed by atoms with van der Waals surface area (Å²) < 4.78 is 26.0. The number of hydrogen-bond donors (Lipinski definition) is 1. The number of nitrogens with zero attached hydrogens (tertiary/aromatic N) is 3. The lowest BCUT2D eigenvalue weighted by molar-refractivity contribution is -0.117. The Hall–Kier alpha value is -4.20. The second kappa shape index (κ2) is 10.6. The molecule has 0 aliphatic heterocycles. The van der Waals surface area contributed by atoms with E-state index in [9.17, 15) is 9.18 Å². The Balaban J connectivity index is 1.59. The SMILES string of the molecule is COc1ccc(-c2nc(OCc3ccc(F)cc3)nn2-c2ccc(NC(=O)CC(C)(C)C)cc2)cc1. The van der Waals surface area contributed by atoms with Gasteiger partial charge in [0.2, 0.25) is 5.91 Å². The van der Waals surface area contributed by atoms with Crippen LogP contribution in [0, 0.1) is 11.2 Å². The Morgan fingerprint density at radius 3 is 2.25 bits per heavy atom. The molecule has 0 spiro atoms. The van der Waals surface area contributed by atoms with Crippen molar-refractivity contribution in [2.45, 2.75) is 33.8 Å². The summed E-state index contributed by atoms with van der Waals surface area (Å²) in [5.41, 5.74) is 2.98. The fraction of sp³-hybridized carbons (Fsp3) is 0.250. The van der Waals surface area contributed by atoms with Gasteiger partial charge in [0, 0.05) is 17.7 Å². The van der Waals surface area contributed by atoms with E-state index in [2.05, 4.69) is 15.4 Å². The second-order valence-corrected chi connectivity index (χ2v) is 9.61. The molecule has 0 aliphatic rings. The fourth-order valence-corrected chi connectivity index (χ4v) is 3.56. The van der Waals surface area contributed by atoms with Crippen LogP contribution in [0.1, 0.15) is 32.8 Å². The van der Waals surface area contributed by atoms with E-state index in [0.29, 0.717) is 17.9 Å². The summed E-state index contributed by atoms with van der Waals surface area (Å²) in [7, 11) is 1.61. The highest BCUT2D eigenvalue weighted by Gasteiger charge is 2.17. The number of anilines is 1. The normalized spacial score (nSPS) is 11.2. The molecule has 4 rings (SSSR count). The smallest absolute Gasteiger partial charge is 0.336 e. The highest BCUT2D eigenvalue weighted by atomic mass is 19.1. The molecule has 0 unspecified atom stereocenters. The van der Waals surface area contributed by atoms with E-state index in [1.54, 1.807) is 23.9 Å². The average molecular weight is 489 g/mol. The summed E-state index contributed by atoms with van der Waals surface area (Å²) in [6.07, 6.45) is 0.425. The third-order valence-corrected chi connectivity index (χ3v) is 5.30. The molecule has 36 heavy (non-hydrogen) atoms. The number of amides is 1. The maximum absolute atomic E-state index is 13.2. The van der Waals surface area contributed by atoms with Gasteiger partial charge < -0.3 is 14.8 Å². The number of hydrogen-bond acceptors (Lipinski definition) is 5. The monoisotopic (exact) mass is 488 g/mol. The van der Waals surface area contributed by atoms with Crippen molar-refractivity contribution >= 4 is 11.6 Å². The number of ether oxygens (including phenoxy) is 2. The molecule has 3 aromatic carbocycles. The molecule has 1 aromatic heterocycles. The minimum Gasteiger partial charge on any atom is -0.497 e. The van der Waals surface area contributed by atoms with Gasteiger partial charge in [-0.3, -0.25) is 4.79 Å². The third kappa shape index (κ3) is 6.47. The van der Waals surface area contributed by atoms with Crippen LogP contribution in [0.25, 0.3) is 17.1 Å². The van der Waals surface area contributed by atoms with Gasteiger partial charge in [0.1, 0.15) is 18.2 Å². The lowest BCUT2D eigenvalue weighted by atomic mass is 9.92. The van der Waals surface area contributed by atoms with Gasteiger partial charge in [-0.2, -0.15) is 4.98 Å². The van der Waals surface area contributed by atoms with Gasteiger partial charge >= 0.3 is 6.01 Å². The van der Waals surface area contributed by atoms with E-state index in [0.717, 1.165) is 22.6 Å². The van der Waals surface area contributed by atoms with Crippen LogP contribution in [0.5, 0.6) is 11.8 Å². The number of nitrogens with one attached hydrogen (secondary N) is 1. The fourth-order valence-electron chi connectivity index (χ4n) is 3.56. The number of methoxy groups -OCH3 is 1. The van der Waals surface area contributed by atoms with E-state index in [4.69, 9.17) is 9.47 Å². The number of halogens is 1. The van der Waals surface area contributed by atoms with Gasteiger partial charge in [-0.25, -0.2) is 9.07 Å². The van der Waals surface area contributed by atoms with Crippen molar-refractivity contribution in [2.24, 2.45) is 5.41 Å². The Kier molecular flexibility index (Phi) is 7.33. The van der Waals surface area contributed by atoms with Crippen LogP contribution in [0.2, 0.25) is 0 Å². The summed E-state index contributed by atoms with van der Waals surface area (Å²) in [5, 5.41) is 7.50. The van der Waals surface area contributed by atoms with Gasteiger partial charge in [0.05, 0.1) is 12.8 Å². The van der Waals surface area contributed by atoms with E-state index >= 15 is 0 Å². The molecule has 1 heterocycles. The Morgan fingerprint density at radius 2 is 1.64 bits per heavy atom. The summed E-state index contributed by atoms with van der Waals surface area (Å²) in [4.78, 5) is 16.9. The first kappa shape index (κ1) is 24.9. The van der Waals surface area contributed by atoms with Crippen LogP contribution < -0.4 is 14.8 Å². The van der Waals surface area contributed by atoms with E-state index in [-0.39, 0.29) is 29.8 Å². The molecular formula is C28H29FN4O3. The van der Waals surface area contributed by atoms with Crippen molar-refractivity contribution in [1.82, 2.24) is 14.8 Å². The zero-order valence-electron chi connectivity index (χ0n) is 20.8. The number of rotatable bonds is 8. The molecule has 0 fully saturated rings. The van der Waals surface area contributed by atoms with Crippen molar-refractivity contribution in [3.8, 4) is 28.8 Å². The first-order valence-corrected chi connectivity index (χ1v) is 11.6. The lowest BCUT2D eigenvalue weighted by Crippen LogP contribution is -2.19. The molecule has 1 N–H and O–H groups in total. The topological polar surface area (TPSA) is 78.3 Å². The third-order valence-electron chi connectivity index (χ3n) is 5.30. The zero-order chi connectivity index (χ0) is 25.7. The largest absolute Gasteiger partial charge is 0.497 e. The number of carbonyl (C=O) groups excluding carboxylic acids is 1. The van der Waals surface area contributed by atoms with Crippen molar-refractivity contribution in [3.63, 3.8) is 0 Å². The maximum atomic E-state index is 13.2. The van der Waals surface area contributed by atoms with Crippen LogP contribution in [-0.4, -0.2) is 27.8 Å². The number of carbonyl (C=O) groups is 1. The van der Waals surface area contributed by atoms with Crippen LogP contribution in [0.3, 0.4) is 0 Å². The molecule has 0 atom stereocenters. The van der Waals surface area contributed by atoms with Gasteiger partial charge in [0.25, 0.3) is 0 Å². The van der Waals surface area contributed by atoms with E-state index < -0.39 is 0 Å². The first-order valence-electron chi connectivity index (χ1n) is 11.6. The molecule has 0 radical (unpaired) electrons. The summed E-state index contributed by atoms with van der Waals surface area (Å²) >= 11 is 0. The van der Waals surface area contributed by atoms with Crippen LogP contribution in [0.15, 0.2) is 72.8 Å². The van der Waals surface area contributed by atoms with Crippen LogP contribution in [0.4, 0.5) is 10.1 Å². The Bertz CT molecular complexity index is 1310. The quantitative estimate of drug-likeness (QED) is 0.327. The molecule has 1 amide bonds. The average Bonchev–Trinajstić information content (AvgIpc) is 3.27.